The van der Waals surface area contributed by atoms with E-state index in [1.165, 1.54) is 5.01 Å². The van der Waals surface area contributed by atoms with Gasteiger partial charge in [0.15, 0.2) is 11.5 Å². The molecule has 4 rings (SSSR count). The van der Waals surface area contributed by atoms with Crippen molar-refractivity contribution >= 4 is 23.3 Å². The molecule has 7 heteroatoms. The number of fused-ring (bicyclic) bond motifs is 1. The standard InChI is InChI=1S/C20H23N3O3S/c1-2-19-21-16(13-27-19)12-22-7-9-23(10-8-22)20(24)6-4-15-3-5-17-18(11-15)26-14-25-17/h3-6,11,13H,2,7-10,12,14H2,1H3. The fourth-order valence-electron chi connectivity index (χ4n) is 3.23. The maximum Gasteiger partial charge on any atom is 0.246 e. The van der Waals surface area contributed by atoms with Crippen LogP contribution in [0.5, 0.6) is 11.5 Å². The van der Waals surface area contributed by atoms with Crippen LogP contribution in [-0.4, -0.2) is 53.7 Å². The van der Waals surface area contributed by atoms with Gasteiger partial charge in [-0.3, -0.25) is 9.69 Å². The number of ether oxygens (including phenoxy) is 2. The maximum absolute atomic E-state index is 12.5. The first kappa shape index (κ1) is 18.0. The van der Waals surface area contributed by atoms with Crippen LogP contribution in [0, 0.1) is 0 Å². The molecule has 0 spiro atoms. The Labute approximate surface area is 163 Å². The van der Waals surface area contributed by atoms with Crippen LogP contribution < -0.4 is 9.47 Å². The van der Waals surface area contributed by atoms with Gasteiger partial charge < -0.3 is 14.4 Å². The number of piperazine rings is 1. The Morgan fingerprint density at radius 2 is 2.04 bits per heavy atom. The predicted molar refractivity (Wildman–Crippen MR) is 105 cm³/mol. The molecule has 2 aliphatic rings. The zero-order valence-electron chi connectivity index (χ0n) is 15.4. The first-order valence-corrected chi connectivity index (χ1v) is 10.1. The minimum Gasteiger partial charge on any atom is -0.454 e. The van der Waals surface area contributed by atoms with E-state index >= 15 is 0 Å². The first-order valence-electron chi connectivity index (χ1n) is 9.23. The Kier molecular flexibility index (Phi) is 5.40. The number of hydrogen-bond donors (Lipinski definition) is 0. The third-order valence-electron chi connectivity index (χ3n) is 4.79. The number of thiazole rings is 1. The Morgan fingerprint density at radius 1 is 1.22 bits per heavy atom. The lowest BCUT2D eigenvalue weighted by Gasteiger charge is -2.33. The summed E-state index contributed by atoms with van der Waals surface area (Å²) in [5.74, 6) is 1.53. The molecule has 0 atom stereocenters. The van der Waals surface area contributed by atoms with Crippen molar-refractivity contribution < 1.29 is 14.3 Å². The largest absolute Gasteiger partial charge is 0.454 e. The maximum atomic E-state index is 12.5. The third-order valence-corrected chi connectivity index (χ3v) is 5.83. The zero-order valence-corrected chi connectivity index (χ0v) is 16.2. The number of carbonyl (C=O) groups is 1. The fraction of sp³-hybridized carbons (Fsp3) is 0.400. The van der Waals surface area contributed by atoms with Gasteiger partial charge in [0.1, 0.15) is 0 Å². The number of nitrogens with zero attached hydrogens (tertiary/aromatic N) is 3. The second-order valence-corrected chi connectivity index (χ2v) is 7.58. The van der Waals surface area contributed by atoms with E-state index in [9.17, 15) is 4.79 Å². The summed E-state index contributed by atoms with van der Waals surface area (Å²) in [6.07, 6.45) is 4.46. The van der Waals surface area contributed by atoms with E-state index < -0.39 is 0 Å². The number of aryl methyl sites for hydroxylation is 1. The Hall–Kier alpha value is -2.38. The van der Waals surface area contributed by atoms with Crippen molar-refractivity contribution in [3.05, 3.63) is 45.9 Å². The lowest BCUT2D eigenvalue weighted by atomic mass is 10.2. The van der Waals surface area contributed by atoms with E-state index in [4.69, 9.17) is 9.47 Å². The highest BCUT2D eigenvalue weighted by atomic mass is 32.1. The van der Waals surface area contributed by atoms with Crippen LogP contribution in [0.3, 0.4) is 0 Å². The molecule has 1 aromatic heterocycles. The molecular formula is C20H23N3O3S. The summed E-state index contributed by atoms with van der Waals surface area (Å²) < 4.78 is 10.7. The topological polar surface area (TPSA) is 54.9 Å². The van der Waals surface area contributed by atoms with Gasteiger partial charge >= 0.3 is 0 Å². The summed E-state index contributed by atoms with van der Waals surface area (Å²) >= 11 is 1.73. The van der Waals surface area contributed by atoms with E-state index in [1.54, 1.807) is 17.4 Å². The number of aromatic nitrogens is 1. The van der Waals surface area contributed by atoms with Gasteiger partial charge in [-0.05, 0) is 30.2 Å². The lowest BCUT2D eigenvalue weighted by molar-refractivity contribution is -0.127. The molecule has 27 heavy (non-hydrogen) atoms. The molecule has 1 aromatic carbocycles. The van der Waals surface area contributed by atoms with Gasteiger partial charge in [-0.15, -0.1) is 11.3 Å². The third kappa shape index (κ3) is 4.31. The summed E-state index contributed by atoms with van der Waals surface area (Å²) in [4.78, 5) is 21.4. The van der Waals surface area contributed by atoms with Crippen molar-refractivity contribution in [1.82, 2.24) is 14.8 Å². The second-order valence-electron chi connectivity index (χ2n) is 6.63. The first-order chi connectivity index (χ1) is 13.2. The van der Waals surface area contributed by atoms with Crippen LogP contribution in [-0.2, 0) is 17.8 Å². The number of amides is 1. The van der Waals surface area contributed by atoms with Gasteiger partial charge in [0.2, 0.25) is 12.7 Å². The van der Waals surface area contributed by atoms with E-state index in [0.29, 0.717) is 0 Å². The Balaban J connectivity index is 1.28. The van der Waals surface area contributed by atoms with E-state index in [-0.39, 0.29) is 12.7 Å². The van der Waals surface area contributed by atoms with Crippen LogP contribution in [0.1, 0.15) is 23.2 Å². The SMILES string of the molecule is CCc1nc(CN2CCN(C(=O)C=Cc3ccc4c(c3)OCO4)CC2)cs1. The average Bonchev–Trinajstić information content (AvgIpc) is 3.35. The summed E-state index contributed by atoms with van der Waals surface area (Å²) in [6, 6.07) is 5.68. The minimum absolute atomic E-state index is 0.0502. The molecule has 0 saturated carbocycles. The highest BCUT2D eigenvalue weighted by Crippen LogP contribution is 2.32. The van der Waals surface area contributed by atoms with Gasteiger partial charge in [0.25, 0.3) is 0 Å². The van der Waals surface area contributed by atoms with Gasteiger partial charge in [0.05, 0.1) is 10.7 Å². The van der Waals surface area contributed by atoms with Gasteiger partial charge in [0, 0.05) is 44.2 Å². The van der Waals surface area contributed by atoms with Crippen molar-refractivity contribution in [3.63, 3.8) is 0 Å². The molecule has 142 valence electrons. The fourth-order valence-corrected chi connectivity index (χ4v) is 3.97. The highest BCUT2D eigenvalue weighted by Gasteiger charge is 2.20. The number of carbonyl (C=O) groups excluding carboxylic acids is 1. The molecule has 2 aromatic rings. The minimum atomic E-state index is 0.0502. The summed E-state index contributed by atoms with van der Waals surface area (Å²) in [5.41, 5.74) is 2.07. The van der Waals surface area contributed by atoms with Crippen LogP contribution in [0.15, 0.2) is 29.7 Å². The molecule has 0 bridgehead atoms. The summed E-state index contributed by atoms with van der Waals surface area (Å²) in [6.45, 7) is 6.50. The quantitative estimate of drug-likeness (QED) is 0.741. The molecule has 0 radical (unpaired) electrons. The monoisotopic (exact) mass is 385 g/mol. The zero-order chi connectivity index (χ0) is 18.6. The Morgan fingerprint density at radius 3 is 2.81 bits per heavy atom. The molecule has 2 aliphatic heterocycles. The Bertz CT molecular complexity index is 841. The number of rotatable bonds is 5. The number of hydrogen-bond acceptors (Lipinski definition) is 6. The van der Waals surface area contributed by atoms with Crippen LogP contribution >= 0.6 is 11.3 Å². The molecule has 1 fully saturated rings. The lowest BCUT2D eigenvalue weighted by Crippen LogP contribution is -2.47. The van der Waals surface area contributed by atoms with Crippen molar-refractivity contribution in [1.29, 1.82) is 0 Å². The summed E-state index contributed by atoms with van der Waals surface area (Å²) in [7, 11) is 0. The molecule has 0 N–H and O–H groups in total. The van der Waals surface area contributed by atoms with E-state index in [0.717, 1.165) is 61.9 Å². The smallest absolute Gasteiger partial charge is 0.246 e. The molecule has 3 heterocycles. The molecule has 1 amide bonds. The molecule has 0 unspecified atom stereocenters. The van der Waals surface area contributed by atoms with Crippen molar-refractivity contribution in [2.45, 2.75) is 19.9 Å². The average molecular weight is 385 g/mol. The van der Waals surface area contributed by atoms with Crippen LogP contribution in [0.4, 0.5) is 0 Å². The van der Waals surface area contributed by atoms with Crippen molar-refractivity contribution in [2.75, 3.05) is 33.0 Å². The van der Waals surface area contributed by atoms with E-state index in [2.05, 4.69) is 22.2 Å². The molecule has 0 aliphatic carbocycles. The summed E-state index contributed by atoms with van der Waals surface area (Å²) in [5, 5.41) is 3.33. The molecule has 1 saturated heterocycles. The van der Waals surface area contributed by atoms with Gasteiger partial charge in [-0.25, -0.2) is 4.98 Å². The van der Waals surface area contributed by atoms with Gasteiger partial charge in [-0.2, -0.15) is 0 Å². The normalized spacial score (nSPS) is 17.0. The van der Waals surface area contributed by atoms with Crippen molar-refractivity contribution in [2.24, 2.45) is 0 Å². The van der Waals surface area contributed by atoms with Crippen molar-refractivity contribution in [3.8, 4) is 11.5 Å². The van der Waals surface area contributed by atoms with Gasteiger partial charge in [-0.1, -0.05) is 13.0 Å². The van der Waals surface area contributed by atoms with Crippen LogP contribution in [0.25, 0.3) is 6.08 Å². The second kappa shape index (κ2) is 8.10. The molecular weight excluding hydrogens is 362 g/mol. The molecule has 6 nitrogen and oxygen atoms in total. The predicted octanol–water partition coefficient (Wildman–Crippen LogP) is 2.79. The number of benzene rings is 1. The highest BCUT2D eigenvalue weighted by molar-refractivity contribution is 7.09. The van der Waals surface area contributed by atoms with E-state index in [1.807, 2.05) is 29.2 Å². The van der Waals surface area contributed by atoms with Crippen LogP contribution in [0.2, 0.25) is 0 Å².